The molecule has 1 aliphatic carbocycles. The zero-order chi connectivity index (χ0) is 32.9. The van der Waals surface area contributed by atoms with Crippen molar-refractivity contribution < 1.29 is 84.7 Å². The van der Waals surface area contributed by atoms with Gasteiger partial charge in [0.15, 0.2) is 5.96 Å². The van der Waals surface area contributed by atoms with Crippen molar-refractivity contribution in [2.75, 3.05) is 85.8 Å². The van der Waals surface area contributed by atoms with Gasteiger partial charge in [0.25, 0.3) is 5.91 Å². The SMILES string of the molecule is Cc1nc2c(cc1C(=O)NC(=N)N)CCCCC2COC(=O)[N-]CCOCCOCCOCCOCCOCCOS(=O)(=O)O.[Na+]. The molecular formula is C27H44N5NaO12S. The molecule has 17 nitrogen and oxygen atoms in total. The molecule has 1 heterocycles. The van der Waals surface area contributed by atoms with E-state index >= 15 is 0 Å². The maximum Gasteiger partial charge on any atom is 1.00 e. The number of carbonyl (C=O) groups is 2. The second-order valence-corrected chi connectivity index (χ2v) is 10.8. The minimum absolute atomic E-state index is 0. The van der Waals surface area contributed by atoms with Gasteiger partial charge in [-0.1, -0.05) is 6.42 Å². The van der Waals surface area contributed by atoms with Crippen molar-refractivity contribution in [1.82, 2.24) is 10.3 Å². The summed E-state index contributed by atoms with van der Waals surface area (Å²) in [5.41, 5.74) is 7.90. The summed E-state index contributed by atoms with van der Waals surface area (Å²) in [6.45, 7) is 4.69. The van der Waals surface area contributed by atoms with Crippen molar-refractivity contribution in [2.45, 2.75) is 38.5 Å². The minimum Gasteiger partial charge on any atom is -0.615 e. The molecule has 0 spiro atoms. The molecular weight excluding hydrogens is 641 g/mol. The topological polar surface area (TPSA) is 242 Å². The van der Waals surface area contributed by atoms with E-state index in [0.29, 0.717) is 57.5 Å². The van der Waals surface area contributed by atoms with Crippen LogP contribution in [0.4, 0.5) is 4.79 Å². The van der Waals surface area contributed by atoms with Gasteiger partial charge in [0.05, 0.1) is 89.6 Å². The number of guanidine groups is 1. The van der Waals surface area contributed by atoms with Crippen molar-refractivity contribution in [3.05, 3.63) is 33.9 Å². The summed E-state index contributed by atoms with van der Waals surface area (Å²) in [4.78, 5) is 29.2. The van der Waals surface area contributed by atoms with E-state index in [2.05, 4.69) is 19.8 Å². The van der Waals surface area contributed by atoms with Gasteiger partial charge in [-0.3, -0.25) is 29.9 Å². The van der Waals surface area contributed by atoms with E-state index in [1.54, 1.807) is 13.0 Å². The van der Waals surface area contributed by atoms with Gasteiger partial charge in [-0.15, -0.1) is 6.54 Å². The van der Waals surface area contributed by atoms with Gasteiger partial charge in [-0.05, 0) is 37.8 Å². The average Bonchev–Trinajstić information content (AvgIpc) is 3.17. The third-order valence-corrected chi connectivity index (χ3v) is 6.75. The van der Waals surface area contributed by atoms with Crippen molar-refractivity contribution in [2.24, 2.45) is 5.73 Å². The average molecular weight is 686 g/mol. The number of nitrogens with two attached hydrogens (primary N) is 1. The van der Waals surface area contributed by atoms with Crippen LogP contribution >= 0.6 is 0 Å². The van der Waals surface area contributed by atoms with Gasteiger partial charge in [-0.25, -0.2) is 4.18 Å². The first-order valence-electron chi connectivity index (χ1n) is 14.6. The number of nitrogens with zero attached hydrogens (tertiary/aromatic N) is 2. The van der Waals surface area contributed by atoms with Crippen molar-refractivity contribution >= 4 is 28.4 Å². The second kappa shape index (κ2) is 24.2. The van der Waals surface area contributed by atoms with Crippen LogP contribution in [0.2, 0.25) is 0 Å². The summed E-state index contributed by atoms with van der Waals surface area (Å²) in [6, 6.07) is 1.78. The number of amides is 2. The number of aromatic nitrogens is 1. The van der Waals surface area contributed by atoms with E-state index in [1.165, 1.54) is 0 Å². The number of carbonyl (C=O) groups excluding carboxylic acids is 2. The van der Waals surface area contributed by atoms with E-state index in [1.807, 2.05) is 0 Å². The molecule has 0 saturated carbocycles. The first-order chi connectivity index (χ1) is 21.6. The van der Waals surface area contributed by atoms with E-state index in [9.17, 15) is 18.0 Å². The molecule has 0 bridgehead atoms. The number of hydrogen-bond acceptors (Lipinski definition) is 13. The Balaban J connectivity index is 0.0000106. The summed E-state index contributed by atoms with van der Waals surface area (Å²) in [7, 11) is -4.44. The smallest absolute Gasteiger partial charge is 0.615 e. The molecule has 1 aromatic heterocycles. The molecule has 1 atom stereocenters. The zero-order valence-corrected chi connectivity index (χ0v) is 29.3. The number of nitrogens with one attached hydrogen (secondary N) is 2. The summed E-state index contributed by atoms with van der Waals surface area (Å²) >= 11 is 0. The molecule has 2 rings (SSSR count). The molecule has 1 unspecified atom stereocenters. The van der Waals surface area contributed by atoms with Crippen molar-refractivity contribution in [3.63, 3.8) is 0 Å². The number of ether oxygens (including phenoxy) is 6. The normalized spacial score (nSPS) is 14.4. The van der Waals surface area contributed by atoms with E-state index in [0.717, 1.165) is 36.9 Å². The fourth-order valence-corrected chi connectivity index (χ4v) is 4.52. The Morgan fingerprint density at radius 2 is 1.52 bits per heavy atom. The fourth-order valence-electron chi connectivity index (χ4n) is 4.24. The van der Waals surface area contributed by atoms with Gasteiger partial charge in [0.1, 0.15) is 0 Å². The van der Waals surface area contributed by atoms with Crippen LogP contribution in [-0.2, 0) is 49.4 Å². The minimum atomic E-state index is -4.44. The number of rotatable bonds is 22. The molecule has 1 aromatic rings. The first kappa shape index (κ1) is 42.1. The monoisotopic (exact) mass is 685 g/mol. The van der Waals surface area contributed by atoms with Crippen LogP contribution < -0.4 is 40.6 Å². The van der Waals surface area contributed by atoms with Gasteiger partial charge in [-0.2, -0.15) is 8.42 Å². The third-order valence-electron chi connectivity index (χ3n) is 6.29. The first-order valence-corrected chi connectivity index (χ1v) is 15.9. The van der Waals surface area contributed by atoms with Crippen LogP contribution in [0.1, 0.15) is 52.5 Å². The van der Waals surface area contributed by atoms with Gasteiger partial charge in [0.2, 0.25) is 6.09 Å². The molecule has 0 fully saturated rings. The summed E-state index contributed by atoms with van der Waals surface area (Å²) in [6.07, 6.45) is 2.73. The third kappa shape index (κ3) is 19.0. The molecule has 2 amide bonds. The van der Waals surface area contributed by atoms with E-state index in [4.69, 9.17) is 44.1 Å². The molecule has 19 heteroatoms. The molecule has 256 valence electrons. The summed E-state index contributed by atoms with van der Waals surface area (Å²) in [5.74, 6) is -1.01. The standard InChI is InChI=1S/C27H45N5O12S.Na/c1-20-23(25(33)32-26(28)29)18-21-4-2-3-5-22(24(21)31-20)19-43-27(34)30-6-7-38-8-9-39-10-11-40-12-13-41-14-15-42-16-17-44-45(35,36)37;/h18,22H,2-17,19H2,1H3,(H6,28,29,30,32,33,34,35,36,37);/q;+1/p-1. The predicted octanol–water partition coefficient (Wildman–Crippen LogP) is -1.76. The van der Waals surface area contributed by atoms with Crippen molar-refractivity contribution in [1.29, 1.82) is 5.41 Å². The van der Waals surface area contributed by atoms with Crippen LogP contribution in [0.5, 0.6) is 0 Å². The Labute approximate surface area is 291 Å². The fraction of sp³-hybridized carbons (Fsp3) is 0.704. The number of fused-ring (bicyclic) bond motifs is 1. The molecule has 0 aliphatic heterocycles. The summed E-state index contributed by atoms with van der Waals surface area (Å²) in [5, 5.41) is 13.5. The largest absolute Gasteiger partial charge is 1.00 e. The molecule has 0 saturated heterocycles. The maximum atomic E-state index is 12.4. The molecule has 46 heavy (non-hydrogen) atoms. The van der Waals surface area contributed by atoms with E-state index in [-0.39, 0.29) is 75.1 Å². The molecule has 5 N–H and O–H groups in total. The van der Waals surface area contributed by atoms with E-state index < -0.39 is 28.4 Å². The zero-order valence-electron chi connectivity index (χ0n) is 26.5. The van der Waals surface area contributed by atoms with Crippen LogP contribution in [0, 0.1) is 12.3 Å². The molecule has 0 aromatic carbocycles. The van der Waals surface area contributed by atoms with Crippen LogP contribution in [0.3, 0.4) is 0 Å². The van der Waals surface area contributed by atoms with Crippen LogP contribution in [0.25, 0.3) is 5.32 Å². The van der Waals surface area contributed by atoms with Crippen molar-refractivity contribution in [3.8, 4) is 0 Å². The second-order valence-electron chi connectivity index (χ2n) is 9.75. The summed E-state index contributed by atoms with van der Waals surface area (Å²) < 4.78 is 65.1. The van der Waals surface area contributed by atoms with Gasteiger partial charge in [0, 0.05) is 12.5 Å². The van der Waals surface area contributed by atoms with Gasteiger partial charge >= 0.3 is 40.0 Å². The number of aryl methyl sites for hydroxylation is 2. The van der Waals surface area contributed by atoms with Gasteiger partial charge < -0.3 is 39.5 Å². The quantitative estimate of drug-likeness (QED) is 0.0264. The Morgan fingerprint density at radius 3 is 2.07 bits per heavy atom. The van der Waals surface area contributed by atoms with Crippen LogP contribution in [0.15, 0.2) is 6.07 Å². The Hall–Kier alpha value is -1.97. The van der Waals surface area contributed by atoms with Crippen LogP contribution in [-0.4, -0.2) is 122 Å². The Morgan fingerprint density at radius 1 is 0.978 bits per heavy atom. The number of hydrogen-bond donors (Lipinski definition) is 4. The molecule has 1 aliphatic rings. The molecule has 0 radical (unpaired) electrons. The Bertz CT molecular complexity index is 1180. The maximum absolute atomic E-state index is 12.4. The predicted molar refractivity (Wildman–Crippen MR) is 160 cm³/mol. The number of pyridine rings is 1. The Kier molecular flexibility index (Phi) is 22.1.